The number of morpholine rings is 1. The van der Waals surface area contributed by atoms with Crippen molar-refractivity contribution in [1.82, 2.24) is 15.8 Å². The molecule has 0 bridgehead atoms. The van der Waals surface area contributed by atoms with E-state index in [9.17, 15) is 14.4 Å². The Balaban J connectivity index is 1.67. The number of carbonyl (C=O) groups is 3. The molecule has 0 saturated carbocycles. The molecular formula is C16H21N4O4+. The molecule has 8 heteroatoms. The van der Waals surface area contributed by atoms with E-state index in [2.05, 4.69) is 10.7 Å². The summed E-state index contributed by atoms with van der Waals surface area (Å²) in [7, 11) is 0. The van der Waals surface area contributed by atoms with Crippen molar-refractivity contribution < 1.29 is 24.0 Å². The van der Waals surface area contributed by atoms with E-state index in [1.165, 1.54) is 0 Å². The lowest BCUT2D eigenvalue weighted by atomic mass is 9.92. The maximum absolute atomic E-state index is 12.7. The van der Waals surface area contributed by atoms with Gasteiger partial charge in [-0.3, -0.25) is 15.0 Å². The van der Waals surface area contributed by atoms with Crippen LogP contribution < -0.4 is 15.6 Å². The summed E-state index contributed by atoms with van der Waals surface area (Å²) in [4.78, 5) is 38.0. The minimum atomic E-state index is -1.18. The molecule has 0 aromatic heterocycles. The van der Waals surface area contributed by atoms with Crippen LogP contribution in [0.4, 0.5) is 4.79 Å². The second-order valence-electron chi connectivity index (χ2n) is 6.14. The van der Waals surface area contributed by atoms with Gasteiger partial charge in [-0.1, -0.05) is 30.3 Å². The van der Waals surface area contributed by atoms with Crippen LogP contribution in [0.5, 0.6) is 0 Å². The summed E-state index contributed by atoms with van der Waals surface area (Å²) in [5.74, 6) is -0.864. The van der Waals surface area contributed by atoms with Crippen molar-refractivity contribution in [2.24, 2.45) is 0 Å². The van der Waals surface area contributed by atoms with Crippen LogP contribution in [-0.2, 0) is 19.9 Å². The Morgan fingerprint density at radius 2 is 1.96 bits per heavy atom. The molecule has 3 rings (SSSR count). The monoisotopic (exact) mass is 333 g/mol. The lowest BCUT2D eigenvalue weighted by molar-refractivity contribution is -0.900. The number of urea groups is 1. The van der Waals surface area contributed by atoms with Crippen LogP contribution in [0, 0.1) is 0 Å². The molecule has 0 unspecified atom stereocenters. The highest BCUT2D eigenvalue weighted by Gasteiger charge is 2.50. The van der Waals surface area contributed by atoms with E-state index in [0.29, 0.717) is 18.8 Å². The third kappa shape index (κ3) is 3.10. The predicted octanol–water partition coefficient (Wildman–Crippen LogP) is -1.60. The Kier molecular flexibility index (Phi) is 4.50. The van der Waals surface area contributed by atoms with Gasteiger partial charge in [-0.05, 0) is 12.5 Å². The number of nitrogens with zero attached hydrogens (tertiary/aromatic N) is 1. The Hall–Kier alpha value is -2.45. The number of carbonyl (C=O) groups excluding carboxylic acids is 3. The number of nitrogens with one attached hydrogen (secondary N) is 3. The number of ether oxygens (including phenoxy) is 1. The molecule has 24 heavy (non-hydrogen) atoms. The lowest BCUT2D eigenvalue weighted by Gasteiger charge is -2.24. The molecule has 2 saturated heterocycles. The second kappa shape index (κ2) is 6.58. The van der Waals surface area contributed by atoms with E-state index in [-0.39, 0.29) is 12.5 Å². The smallest absolute Gasteiger partial charge is 0.344 e. The molecule has 0 radical (unpaired) electrons. The fraction of sp³-hybridized carbons (Fsp3) is 0.438. The van der Waals surface area contributed by atoms with Crippen LogP contribution in [0.15, 0.2) is 30.3 Å². The van der Waals surface area contributed by atoms with Crippen LogP contribution in [-0.4, -0.2) is 55.7 Å². The van der Waals surface area contributed by atoms with Gasteiger partial charge in [-0.15, -0.1) is 0 Å². The normalized spacial score (nSPS) is 24.8. The van der Waals surface area contributed by atoms with E-state index < -0.39 is 17.5 Å². The number of imide groups is 1. The molecule has 0 spiro atoms. The first-order valence-electron chi connectivity index (χ1n) is 7.94. The van der Waals surface area contributed by atoms with Gasteiger partial charge < -0.3 is 15.0 Å². The fourth-order valence-electron chi connectivity index (χ4n) is 2.94. The number of hydrogen-bond donors (Lipinski definition) is 3. The first-order valence-corrected chi connectivity index (χ1v) is 7.94. The molecule has 2 heterocycles. The Morgan fingerprint density at radius 3 is 2.62 bits per heavy atom. The van der Waals surface area contributed by atoms with Crippen LogP contribution in [0.2, 0.25) is 0 Å². The predicted molar refractivity (Wildman–Crippen MR) is 83.7 cm³/mol. The fourth-order valence-corrected chi connectivity index (χ4v) is 2.94. The molecule has 1 aromatic carbocycles. The largest absolute Gasteiger partial charge is 0.370 e. The number of rotatable bonds is 4. The van der Waals surface area contributed by atoms with Gasteiger partial charge in [0.05, 0.1) is 13.2 Å². The molecule has 2 aliphatic heterocycles. The van der Waals surface area contributed by atoms with Crippen molar-refractivity contribution in [1.29, 1.82) is 0 Å². The van der Waals surface area contributed by atoms with Gasteiger partial charge >= 0.3 is 6.03 Å². The maximum atomic E-state index is 12.7. The van der Waals surface area contributed by atoms with E-state index in [1.807, 2.05) is 6.07 Å². The zero-order valence-electron chi connectivity index (χ0n) is 13.5. The standard InChI is InChI=1S/C16H20N4O4/c1-16(12-5-3-2-4-6-12)14(22)20(15(23)17-16)18-13(21)11-19-7-9-24-10-8-19/h2-6H,7-11H2,1H3,(H,17,23)(H,18,21)/p+1/t16-/m0/s1. The maximum Gasteiger partial charge on any atom is 0.344 e. The van der Waals surface area contributed by atoms with Crippen LogP contribution in [0.1, 0.15) is 12.5 Å². The average molecular weight is 333 g/mol. The quantitative estimate of drug-likeness (QED) is 0.579. The van der Waals surface area contributed by atoms with Gasteiger partial charge in [-0.25, -0.2) is 4.79 Å². The third-order valence-electron chi connectivity index (χ3n) is 4.39. The summed E-state index contributed by atoms with van der Waals surface area (Å²) >= 11 is 0. The Morgan fingerprint density at radius 1 is 1.29 bits per heavy atom. The first kappa shape index (κ1) is 16.4. The summed E-state index contributed by atoms with van der Waals surface area (Å²) in [6.45, 7) is 4.50. The number of hydrazine groups is 1. The van der Waals surface area contributed by atoms with Crippen LogP contribution >= 0.6 is 0 Å². The molecule has 3 N–H and O–H groups in total. The van der Waals surface area contributed by atoms with Crippen molar-refractivity contribution in [3.63, 3.8) is 0 Å². The summed E-state index contributed by atoms with van der Waals surface area (Å²) in [5.41, 5.74) is 1.90. The highest BCUT2D eigenvalue weighted by molar-refractivity contribution is 6.08. The molecule has 2 fully saturated rings. The molecule has 128 valence electrons. The highest BCUT2D eigenvalue weighted by Crippen LogP contribution is 2.27. The lowest BCUT2D eigenvalue weighted by Crippen LogP contribution is -3.15. The summed E-state index contributed by atoms with van der Waals surface area (Å²) in [6, 6.07) is 8.32. The van der Waals surface area contributed by atoms with Crippen molar-refractivity contribution >= 4 is 17.8 Å². The zero-order valence-corrected chi connectivity index (χ0v) is 13.5. The van der Waals surface area contributed by atoms with Crippen molar-refractivity contribution in [2.45, 2.75) is 12.5 Å². The molecular weight excluding hydrogens is 312 g/mol. The summed E-state index contributed by atoms with van der Waals surface area (Å²) < 4.78 is 5.24. The van der Waals surface area contributed by atoms with Crippen molar-refractivity contribution in [3.05, 3.63) is 35.9 Å². The van der Waals surface area contributed by atoms with Gasteiger partial charge in [0, 0.05) is 0 Å². The average Bonchev–Trinajstić information content (AvgIpc) is 2.81. The van der Waals surface area contributed by atoms with Crippen LogP contribution in [0.3, 0.4) is 0 Å². The highest BCUT2D eigenvalue weighted by atomic mass is 16.5. The van der Waals surface area contributed by atoms with Gasteiger partial charge in [0.25, 0.3) is 11.8 Å². The Labute approximate surface area is 139 Å². The zero-order chi connectivity index (χ0) is 17.2. The molecule has 1 aromatic rings. The van der Waals surface area contributed by atoms with E-state index in [4.69, 9.17) is 4.74 Å². The first-order chi connectivity index (χ1) is 11.5. The van der Waals surface area contributed by atoms with E-state index >= 15 is 0 Å². The Bertz CT molecular complexity index is 645. The van der Waals surface area contributed by atoms with Crippen LogP contribution in [0.25, 0.3) is 0 Å². The third-order valence-corrected chi connectivity index (χ3v) is 4.39. The minimum Gasteiger partial charge on any atom is -0.370 e. The molecule has 8 nitrogen and oxygen atoms in total. The SMILES string of the molecule is C[C@@]1(c2ccccc2)NC(=O)N(NC(=O)C[NH+]2CCOCC2)C1=O. The number of quaternary nitrogens is 1. The summed E-state index contributed by atoms with van der Waals surface area (Å²) in [5, 5.41) is 3.42. The number of benzene rings is 1. The van der Waals surface area contributed by atoms with E-state index in [0.717, 1.165) is 23.0 Å². The van der Waals surface area contributed by atoms with Gasteiger partial charge in [0.1, 0.15) is 18.6 Å². The van der Waals surface area contributed by atoms with E-state index in [1.54, 1.807) is 31.2 Å². The van der Waals surface area contributed by atoms with Gasteiger partial charge in [0.15, 0.2) is 6.54 Å². The number of amides is 4. The second-order valence-corrected chi connectivity index (χ2v) is 6.14. The van der Waals surface area contributed by atoms with Crippen molar-refractivity contribution in [3.8, 4) is 0 Å². The van der Waals surface area contributed by atoms with Gasteiger partial charge in [0.2, 0.25) is 0 Å². The minimum absolute atomic E-state index is 0.197. The molecule has 4 amide bonds. The topological polar surface area (TPSA) is 92.2 Å². The van der Waals surface area contributed by atoms with Crippen molar-refractivity contribution in [2.75, 3.05) is 32.8 Å². The van der Waals surface area contributed by atoms with Gasteiger partial charge in [-0.2, -0.15) is 5.01 Å². The number of hydrogen-bond acceptors (Lipinski definition) is 4. The summed E-state index contributed by atoms with van der Waals surface area (Å²) in [6.07, 6.45) is 0. The molecule has 2 aliphatic rings. The molecule has 0 aliphatic carbocycles. The molecule has 1 atom stereocenters.